The number of fused-ring (bicyclic) bond motifs is 1. The summed E-state index contributed by atoms with van der Waals surface area (Å²) >= 11 is 9.13. The minimum atomic E-state index is -0.751. The molecule has 4 heterocycles. The molecule has 2 aliphatic rings. The molecule has 0 aliphatic carbocycles. The first-order valence-electron chi connectivity index (χ1n) is 13.1. The number of ether oxygens (including phenoxy) is 1. The lowest BCUT2D eigenvalue weighted by Gasteiger charge is -2.59. The highest BCUT2D eigenvalue weighted by atomic mass is 32.2. The van der Waals surface area contributed by atoms with Crippen LogP contribution in [0.1, 0.15) is 36.9 Å². The van der Waals surface area contributed by atoms with E-state index in [1.54, 1.807) is 33.3 Å². The molecule has 2 aromatic carbocycles. The predicted octanol–water partition coefficient (Wildman–Crippen LogP) is 4.37. The van der Waals surface area contributed by atoms with Gasteiger partial charge in [-0.1, -0.05) is 60.7 Å². The largest absolute Gasteiger partial charge is 0.472 e. The number of aromatic nitrogens is 4. The molecule has 0 radical (unpaired) electrons. The highest BCUT2D eigenvalue weighted by molar-refractivity contribution is 8.00. The summed E-state index contributed by atoms with van der Waals surface area (Å²) in [5.74, 6) is 0.811. The molecule has 12 heteroatoms. The summed E-state index contributed by atoms with van der Waals surface area (Å²) in [4.78, 5) is 30.2. The number of hydrogen-bond acceptors (Lipinski definition) is 9. The van der Waals surface area contributed by atoms with Crippen LogP contribution in [-0.4, -0.2) is 65.2 Å². The van der Waals surface area contributed by atoms with Crippen LogP contribution in [0.2, 0.25) is 0 Å². The Kier molecular flexibility index (Phi) is 7.39. The van der Waals surface area contributed by atoms with Crippen LogP contribution >= 0.6 is 35.3 Å². The van der Waals surface area contributed by atoms with Gasteiger partial charge in [-0.15, -0.1) is 28.2 Å². The van der Waals surface area contributed by atoms with E-state index in [-0.39, 0.29) is 22.2 Å². The van der Waals surface area contributed by atoms with Crippen molar-refractivity contribution < 1.29 is 14.3 Å². The van der Waals surface area contributed by atoms with Crippen molar-refractivity contribution in [3.05, 3.63) is 95.1 Å². The molecule has 4 aromatic rings. The molecule has 0 saturated carbocycles. The fourth-order valence-electron chi connectivity index (χ4n) is 5.73. The number of anilines is 1. The number of aryl methyl sites for hydroxylation is 1. The van der Waals surface area contributed by atoms with Crippen molar-refractivity contribution in [3.8, 4) is 0 Å². The molecule has 2 aliphatic heterocycles. The molecule has 0 spiro atoms. The minimum absolute atomic E-state index is 0.180. The van der Waals surface area contributed by atoms with E-state index in [1.165, 1.54) is 18.3 Å². The van der Waals surface area contributed by atoms with Gasteiger partial charge in [0.25, 0.3) is 5.91 Å². The highest BCUT2D eigenvalue weighted by Crippen LogP contribution is 2.50. The second kappa shape index (κ2) is 11.0. The van der Waals surface area contributed by atoms with E-state index < -0.39 is 23.6 Å². The lowest BCUT2D eigenvalue weighted by atomic mass is 9.79. The number of thiocarbonyl (C=S) groups is 1. The van der Waals surface area contributed by atoms with E-state index >= 15 is 0 Å². The molecule has 2 unspecified atom stereocenters. The molecule has 6 rings (SSSR count). The molecule has 0 N–H and O–H groups in total. The second-order valence-corrected chi connectivity index (χ2v) is 12.8. The number of rotatable bonds is 7. The average molecular weight is 605 g/mol. The molecule has 41 heavy (non-hydrogen) atoms. The molecule has 2 aromatic heterocycles. The Bertz CT molecular complexity index is 1530. The van der Waals surface area contributed by atoms with E-state index in [1.807, 2.05) is 85.1 Å². The predicted molar refractivity (Wildman–Crippen MR) is 163 cm³/mol. The fourth-order valence-corrected chi connectivity index (χ4v) is 8.62. The summed E-state index contributed by atoms with van der Waals surface area (Å²) < 4.78 is 8.31. The van der Waals surface area contributed by atoms with Gasteiger partial charge in [0.05, 0.1) is 10.4 Å². The number of carbonyl (C=O) groups excluding carboxylic acids is 2. The van der Waals surface area contributed by atoms with Crippen LogP contribution in [0.25, 0.3) is 0 Å². The van der Waals surface area contributed by atoms with Gasteiger partial charge in [0.15, 0.2) is 10.9 Å². The van der Waals surface area contributed by atoms with Gasteiger partial charge in [-0.3, -0.25) is 14.5 Å². The quantitative estimate of drug-likeness (QED) is 0.227. The van der Waals surface area contributed by atoms with E-state index in [0.717, 1.165) is 16.1 Å². The van der Waals surface area contributed by atoms with E-state index in [4.69, 9.17) is 17.0 Å². The topological polar surface area (TPSA) is 93.5 Å². The second-order valence-electron chi connectivity index (χ2n) is 10.3. The van der Waals surface area contributed by atoms with Gasteiger partial charge >= 0.3 is 0 Å². The van der Waals surface area contributed by atoms with Crippen molar-refractivity contribution in [2.24, 2.45) is 7.05 Å². The third kappa shape index (κ3) is 4.73. The number of amides is 2. The molecule has 0 bridgehead atoms. The van der Waals surface area contributed by atoms with Gasteiger partial charge in [0.1, 0.15) is 23.6 Å². The Hall–Kier alpha value is -3.61. The number of tetrazole rings is 1. The lowest BCUT2D eigenvalue weighted by Crippen LogP contribution is -2.78. The first-order valence-corrected chi connectivity index (χ1v) is 15.4. The summed E-state index contributed by atoms with van der Waals surface area (Å²) in [6, 6.07) is 22.2. The summed E-state index contributed by atoms with van der Waals surface area (Å²) in [5, 5.41) is 14.9. The zero-order valence-electron chi connectivity index (χ0n) is 22.7. The standard InChI is InChI=1S/C29H28N6O3S3/c1-18(36)34(21-15-10-16-40-21)22-25(37)35-24(29(2,17-41-26(22)35)28-30-31-32-33(28)3)27(39)38-23(19-11-6-4-7-12-19)20-13-8-5-9-14-20/h4-16,22-24,26H,17H2,1-3H3/t22-,24?,26-,29?/m1/s1. The number of carbonyl (C=O) groups is 2. The number of hydrogen-bond donors (Lipinski definition) is 0. The molecule has 4 atom stereocenters. The molecule has 2 amide bonds. The lowest BCUT2D eigenvalue weighted by molar-refractivity contribution is -0.150. The van der Waals surface area contributed by atoms with Crippen molar-refractivity contribution in [1.29, 1.82) is 0 Å². The van der Waals surface area contributed by atoms with Crippen LogP contribution in [0, 0.1) is 0 Å². The van der Waals surface area contributed by atoms with E-state index in [0.29, 0.717) is 11.6 Å². The van der Waals surface area contributed by atoms with Gasteiger partial charge in [-0.25, -0.2) is 4.68 Å². The minimum Gasteiger partial charge on any atom is -0.472 e. The maximum Gasteiger partial charge on any atom is 0.250 e. The Morgan fingerprint density at radius 2 is 1.76 bits per heavy atom. The number of thiophene rings is 1. The Labute approximate surface area is 251 Å². The van der Waals surface area contributed by atoms with Crippen molar-refractivity contribution >= 4 is 57.2 Å². The summed E-state index contributed by atoms with van der Waals surface area (Å²) in [6.45, 7) is 3.51. The van der Waals surface area contributed by atoms with Gasteiger partial charge in [0.2, 0.25) is 5.91 Å². The number of benzene rings is 2. The number of thioether (sulfide) groups is 1. The monoisotopic (exact) mass is 604 g/mol. The van der Waals surface area contributed by atoms with Crippen LogP contribution in [0.3, 0.4) is 0 Å². The maximum atomic E-state index is 14.1. The molecule has 2 saturated heterocycles. The average Bonchev–Trinajstić information content (AvgIpc) is 3.67. The summed E-state index contributed by atoms with van der Waals surface area (Å²) in [6.07, 6.45) is -0.480. The Balaban J connectivity index is 1.39. The molecular formula is C29H28N6O3S3. The van der Waals surface area contributed by atoms with Gasteiger partial charge < -0.3 is 9.64 Å². The number of nitrogens with zero attached hydrogens (tertiary/aromatic N) is 6. The first kappa shape index (κ1) is 27.6. The highest BCUT2D eigenvalue weighted by Gasteiger charge is 2.64. The maximum absolute atomic E-state index is 14.1. The van der Waals surface area contributed by atoms with Crippen molar-refractivity contribution in [2.75, 3.05) is 10.7 Å². The normalized spacial score (nSPS) is 23.6. The molecule has 9 nitrogen and oxygen atoms in total. The van der Waals surface area contributed by atoms with E-state index in [2.05, 4.69) is 15.5 Å². The van der Waals surface area contributed by atoms with Crippen molar-refractivity contribution in [3.63, 3.8) is 0 Å². The number of β-lactam (4-membered cyclic amide) rings is 1. The van der Waals surface area contributed by atoms with Crippen LogP contribution < -0.4 is 4.90 Å². The van der Waals surface area contributed by atoms with Crippen LogP contribution in [0.5, 0.6) is 0 Å². The van der Waals surface area contributed by atoms with Crippen molar-refractivity contribution in [2.45, 2.75) is 42.8 Å². The van der Waals surface area contributed by atoms with Crippen LogP contribution in [-0.2, 0) is 26.8 Å². The smallest absolute Gasteiger partial charge is 0.250 e. The van der Waals surface area contributed by atoms with Gasteiger partial charge in [-0.05, 0) is 58.2 Å². The fraction of sp³-hybridized carbons (Fsp3) is 0.310. The zero-order chi connectivity index (χ0) is 28.7. The third-order valence-electron chi connectivity index (χ3n) is 7.64. The van der Waals surface area contributed by atoms with Crippen LogP contribution in [0.4, 0.5) is 5.00 Å². The molecule has 2 fully saturated rings. The molecule has 210 valence electrons. The van der Waals surface area contributed by atoms with Crippen LogP contribution in [0.15, 0.2) is 78.2 Å². The Morgan fingerprint density at radius 3 is 2.29 bits per heavy atom. The van der Waals surface area contributed by atoms with Gasteiger partial charge in [-0.2, -0.15) is 0 Å². The SMILES string of the molecule is CC(=O)N(c1cccs1)[C@@H]1C(=O)N2C(C(=S)OC(c3ccccc3)c3ccccc3)C(C)(c3nnnn3C)CS[C@H]12. The molecular weight excluding hydrogens is 577 g/mol. The summed E-state index contributed by atoms with van der Waals surface area (Å²) in [5.41, 5.74) is 1.13. The van der Waals surface area contributed by atoms with Crippen molar-refractivity contribution in [1.82, 2.24) is 25.1 Å². The van der Waals surface area contributed by atoms with Gasteiger partial charge in [0, 0.05) is 19.7 Å². The first-order chi connectivity index (χ1) is 19.8. The Morgan fingerprint density at radius 1 is 1.10 bits per heavy atom. The van der Waals surface area contributed by atoms with E-state index in [9.17, 15) is 9.59 Å². The zero-order valence-corrected chi connectivity index (χ0v) is 25.1. The third-order valence-corrected chi connectivity index (χ3v) is 10.4. The summed E-state index contributed by atoms with van der Waals surface area (Å²) in [7, 11) is 1.78.